The standard InChI is InChI=1S/C9H15N3OS/c10-3-4-12-7-8(6-11-12)13-9-2-1-5-14-9/h6-7,9H,1-5,10H2. The molecule has 1 aromatic rings. The van der Waals surface area contributed by atoms with Gasteiger partial charge < -0.3 is 10.5 Å². The highest BCUT2D eigenvalue weighted by Crippen LogP contribution is 2.28. The first-order chi connectivity index (χ1) is 6.88. The quantitative estimate of drug-likeness (QED) is 0.813. The van der Waals surface area contributed by atoms with E-state index in [2.05, 4.69) is 5.10 Å². The molecule has 0 amide bonds. The lowest BCUT2D eigenvalue weighted by molar-refractivity contribution is 0.284. The van der Waals surface area contributed by atoms with Crippen LogP contribution < -0.4 is 10.5 Å². The maximum Gasteiger partial charge on any atom is 0.158 e. The molecule has 0 saturated carbocycles. The summed E-state index contributed by atoms with van der Waals surface area (Å²) in [5.41, 5.74) is 5.75. The molecule has 0 aromatic carbocycles. The van der Waals surface area contributed by atoms with Crippen LogP contribution in [0, 0.1) is 0 Å². The maximum atomic E-state index is 5.74. The first kappa shape index (κ1) is 9.86. The predicted octanol–water partition coefficient (Wildman–Crippen LogP) is 1.07. The molecule has 2 rings (SSSR count). The van der Waals surface area contributed by atoms with Crippen LogP contribution in [-0.2, 0) is 6.54 Å². The number of hydrogen-bond donors (Lipinski definition) is 1. The second-order valence-electron chi connectivity index (χ2n) is 3.29. The SMILES string of the molecule is NCCn1cc(OC2CCCS2)cn1. The summed E-state index contributed by atoms with van der Waals surface area (Å²) in [7, 11) is 0. The Kier molecular flexibility index (Phi) is 3.31. The maximum absolute atomic E-state index is 5.74. The molecular formula is C9H15N3OS. The third kappa shape index (κ3) is 2.42. The van der Waals surface area contributed by atoms with Crippen molar-refractivity contribution in [3.8, 4) is 5.75 Å². The van der Waals surface area contributed by atoms with Crippen LogP contribution in [0.15, 0.2) is 12.4 Å². The second-order valence-corrected chi connectivity index (χ2v) is 4.56. The molecule has 1 aliphatic heterocycles. The Balaban J connectivity index is 1.88. The Morgan fingerprint density at radius 1 is 1.71 bits per heavy atom. The molecule has 0 spiro atoms. The van der Waals surface area contributed by atoms with E-state index in [-0.39, 0.29) is 0 Å². The molecular weight excluding hydrogens is 198 g/mol. The van der Waals surface area contributed by atoms with Crippen LogP contribution in [-0.4, -0.2) is 27.5 Å². The molecule has 1 fully saturated rings. The third-order valence-corrected chi connectivity index (χ3v) is 3.35. The molecule has 0 aliphatic carbocycles. The fourth-order valence-corrected chi connectivity index (χ4v) is 2.56. The minimum atomic E-state index is 0.325. The van der Waals surface area contributed by atoms with E-state index in [0.717, 1.165) is 18.7 Å². The topological polar surface area (TPSA) is 53.1 Å². The van der Waals surface area contributed by atoms with Crippen LogP contribution in [0.5, 0.6) is 5.75 Å². The molecule has 14 heavy (non-hydrogen) atoms. The molecule has 2 heterocycles. The van der Waals surface area contributed by atoms with Crippen LogP contribution >= 0.6 is 11.8 Å². The normalized spacial score (nSPS) is 21.4. The molecule has 1 unspecified atom stereocenters. The lowest BCUT2D eigenvalue weighted by Gasteiger charge is -2.09. The van der Waals surface area contributed by atoms with Crippen molar-refractivity contribution in [2.75, 3.05) is 12.3 Å². The van der Waals surface area contributed by atoms with Crippen LogP contribution in [0.2, 0.25) is 0 Å². The first-order valence-corrected chi connectivity index (χ1v) is 5.94. The van der Waals surface area contributed by atoms with Gasteiger partial charge in [-0.1, -0.05) is 0 Å². The fourth-order valence-electron chi connectivity index (χ4n) is 1.45. The monoisotopic (exact) mass is 213 g/mol. The second kappa shape index (κ2) is 4.70. The van der Waals surface area contributed by atoms with Gasteiger partial charge in [-0.25, -0.2) is 0 Å². The van der Waals surface area contributed by atoms with Gasteiger partial charge >= 0.3 is 0 Å². The third-order valence-electron chi connectivity index (χ3n) is 2.12. The molecule has 5 heteroatoms. The van der Waals surface area contributed by atoms with Gasteiger partial charge in [0.25, 0.3) is 0 Å². The van der Waals surface area contributed by atoms with Crippen molar-refractivity contribution in [3.05, 3.63) is 12.4 Å². The van der Waals surface area contributed by atoms with E-state index in [9.17, 15) is 0 Å². The molecule has 1 saturated heterocycles. The number of rotatable bonds is 4. The highest BCUT2D eigenvalue weighted by Gasteiger charge is 2.17. The zero-order chi connectivity index (χ0) is 9.80. The Labute approximate surface area is 87.8 Å². The average molecular weight is 213 g/mol. The van der Waals surface area contributed by atoms with Crippen molar-refractivity contribution < 1.29 is 4.74 Å². The van der Waals surface area contributed by atoms with Gasteiger partial charge in [-0.3, -0.25) is 4.68 Å². The largest absolute Gasteiger partial charge is 0.477 e. The van der Waals surface area contributed by atoms with E-state index in [1.54, 1.807) is 6.20 Å². The Morgan fingerprint density at radius 2 is 2.64 bits per heavy atom. The number of thioether (sulfide) groups is 1. The summed E-state index contributed by atoms with van der Waals surface area (Å²) in [6.07, 6.45) is 6.07. The van der Waals surface area contributed by atoms with E-state index >= 15 is 0 Å². The predicted molar refractivity (Wildman–Crippen MR) is 57.4 cm³/mol. The van der Waals surface area contributed by atoms with E-state index in [0.29, 0.717) is 12.0 Å². The van der Waals surface area contributed by atoms with Crippen molar-refractivity contribution in [2.45, 2.75) is 24.8 Å². The number of ether oxygens (including phenoxy) is 1. The number of nitrogens with zero attached hydrogens (tertiary/aromatic N) is 2. The molecule has 1 aromatic heterocycles. The van der Waals surface area contributed by atoms with Crippen molar-refractivity contribution in [2.24, 2.45) is 5.73 Å². The first-order valence-electron chi connectivity index (χ1n) is 4.89. The van der Waals surface area contributed by atoms with Crippen LogP contribution in [0.25, 0.3) is 0 Å². The summed E-state index contributed by atoms with van der Waals surface area (Å²) in [4.78, 5) is 0. The summed E-state index contributed by atoms with van der Waals surface area (Å²) in [5, 5.41) is 4.15. The zero-order valence-electron chi connectivity index (χ0n) is 8.06. The van der Waals surface area contributed by atoms with Crippen molar-refractivity contribution in [3.63, 3.8) is 0 Å². The average Bonchev–Trinajstić information content (AvgIpc) is 2.79. The summed E-state index contributed by atoms with van der Waals surface area (Å²) in [5.74, 6) is 2.07. The molecule has 1 aliphatic rings. The van der Waals surface area contributed by atoms with Crippen LogP contribution in [0.1, 0.15) is 12.8 Å². The van der Waals surface area contributed by atoms with E-state index < -0.39 is 0 Å². The summed E-state index contributed by atoms with van der Waals surface area (Å²) in [6.45, 7) is 1.36. The van der Waals surface area contributed by atoms with Gasteiger partial charge in [-0.05, 0) is 18.6 Å². The van der Waals surface area contributed by atoms with Gasteiger partial charge in [-0.2, -0.15) is 5.10 Å². The molecule has 0 bridgehead atoms. The Bertz CT molecular complexity index is 283. The van der Waals surface area contributed by atoms with E-state index in [4.69, 9.17) is 10.5 Å². The highest BCUT2D eigenvalue weighted by molar-refractivity contribution is 8.00. The number of hydrogen-bond acceptors (Lipinski definition) is 4. The van der Waals surface area contributed by atoms with Gasteiger partial charge in [-0.15, -0.1) is 11.8 Å². The summed E-state index contributed by atoms with van der Waals surface area (Å²) >= 11 is 1.88. The molecule has 78 valence electrons. The lowest BCUT2D eigenvalue weighted by atomic mass is 10.4. The van der Waals surface area contributed by atoms with Crippen molar-refractivity contribution in [1.29, 1.82) is 0 Å². The smallest absolute Gasteiger partial charge is 0.158 e. The lowest BCUT2D eigenvalue weighted by Crippen LogP contribution is -2.10. The van der Waals surface area contributed by atoms with Gasteiger partial charge in [0.15, 0.2) is 5.75 Å². The van der Waals surface area contributed by atoms with Gasteiger partial charge in [0.2, 0.25) is 0 Å². The van der Waals surface area contributed by atoms with Crippen molar-refractivity contribution in [1.82, 2.24) is 9.78 Å². The van der Waals surface area contributed by atoms with E-state index in [1.165, 1.54) is 12.2 Å². The molecule has 4 nitrogen and oxygen atoms in total. The fraction of sp³-hybridized carbons (Fsp3) is 0.667. The van der Waals surface area contributed by atoms with E-state index in [1.807, 2.05) is 22.6 Å². The summed E-state index contributed by atoms with van der Waals surface area (Å²) in [6, 6.07) is 0. The van der Waals surface area contributed by atoms with Crippen LogP contribution in [0.4, 0.5) is 0 Å². The molecule has 1 atom stereocenters. The zero-order valence-corrected chi connectivity index (χ0v) is 8.87. The van der Waals surface area contributed by atoms with Gasteiger partial charge in [0, 0.05) is 6.54 Å². The van der Waals surface area contributed by atoms with Crippen molar-refractivity contribution >= 4 is 11.8 Å². The Hall–Kier alpha value is -0.680. The Morgan fingerprint density at radius 3 is 3.36 bits per heavy atom. The van der Waals surface area contributed by atoms with Gasteiger partial charge in [0.05, 0.1) is 18.9 Å². The minimum absolute atomic E-state index is 0.325. The summed E-state index contributed by atoms with van der Waals surface area (Å²) < 4.78 is 7.56. The molecule has 2 N–H and O–H groups in total. The van der Waals surface area contributed by atoms with Crippen LogP contribution in [0.3, 0.4) is 0 Å². The highest BCUT2D eigenvalue weighted by atomic mass is 32.2. The number of nitrogens with two attached hydrogens (primary N) is 1. The number of aromatic nitrogens is 2. The van der Waals surface area contributed by atoms with Gasteiger partial charge in [0.1, 0.15) is 5.44 Å². The molecule has 0 radical (unpaired) electrons. The minimum Gasteiger partial charge on any atom is -0.477 e.